The molecule has 0 saturated heterocycles. The van der Waals surface area contributed by atoms with E-state index in [0.29, 0.717) is 0 Å². The summed E-state index contributed by atoms with van der Waals surface area (Å²) in [5.41, 5.74) is 2.93. The van der Waals surface area contributed by atoms with E-state index in [1.165, 1.54) is 6.21 Å². The van der Waals surface area contributed by atoms with Crippen molar-refractivity contribution in [2.45, 2.75) is 11.9 Å². The fourth-order valence-electron chi connectivity index (χ4n) is 1.66. The van der Waals surface area contributed by atoms with Crippen LogP contribution in [0.1, 0.15) is 12.5 Å². The number of amides is 1. The van der Waals surface area contributed by atoms with Crippen molar-refractivity contribution in [3.8, 4) is 0 Å². The summed E-state index contributed by atoms with van der Waals surface area (Å²) in [6.45, 7) is 1.86. The van der Waals surface area contributed by atoms with Crippen LogP contribution in [0.2, 0.25) is 0 Å². The van der Waals surface area contributed by atoms with Gasteiger partial charge in [-0.2, -0.15) is 10.2 Å². The number of thioether (sulfide) groups is 1. The molecule has 8 nitrogen and oxygen atoms in total. The predicted molar refractivity (Wildman–Crippen MR) is 92.9 cm³/mol. The van der Waals surface area contributed by atoms with Crippen LogP contribution in [-0.2, 0) is 4.79 Å². The molecule has 0 fully saturated rings. The third kappa shape index (κ3) is 5.69. The number of carbonyl (C=O) groups excluding carboxylic acids is 1. The molecule has 1 aromatic carbocycles. The van der Waals surface area contributed by atoms with E-state index in [-0.39, 0.29) is 10.8 Å². The first kappa shape index (κ1) is 17.4. The molecule has 0 saturated carbocycles. The number of hydrazone groups is 1. The molecule has 0 spiro atoms. The van der Waals surface area contributed by atoms with Crippen molar-refractivity contribution >= 4 is 30.0 Å². The summed E-state index contributed by atoms with van der Waals surface area (Å²) < 4.78 is 0. The van der Waals surface area contributed by atoms with E-state index in [9.17, 15) is 14.4 Å². The summed E-state index contributed by atoms with van der Waals surface area (Å²) in [5, 5.41) is 9.51. The standard InChI is InChI=1S/C15H15N5O3S/c1-10(7-11-5-3-2-4-6-11)8-16-18-12(21)9-24-14-13(22)17-15(23)20-19-14/h2-8H,9H2,1H3,(H,18,21)(H2,17,20,22,23)/b10-7-,16-8-. The molecule has 0 bridgehead atoms. The van der Waals surface area contributed by atoms with Gasteiger partial charge in [-0.1, -0.05) is 48.2 Å². The van der Waals surface area contributed by atoms with Crippen molar-refractivity contribution in [2.24, 2.45) is 5.10 Å². The number of hydrogen-bond donors (Lipinski definition) is 3. The van der Waals surface area contributed by atoms with Gasteiger partial charge in [0, 0.05) is 0 Å². The zero-order valence-electron chi connectivity index (χ0n) is 12.8. The van der Waals surface area contributed by atoms with Gasteiger partial charge in [0.1, 0.15) is 0 Å². The quantitative estimate of drug-likeness (QED) is 0.405. The zero-order valence-corrected chi connectivity index (χ0v) is 13.6. The molecule has 1 amide bonds. The van der Waals surface area contributed by atoms with E-state index in [1.807, 2.05) is 48.3 Å². The Kier molecular flexibility index (Phi) is 6.26. The third-order valence-corrected chi connectivity index (χ3v) is 3.63. The van der Waals surface area contributed by atoms with Gasteiger partial charge in [-0.15, -0.1) is 0 Å². The highest BCUT2D eigenvalue weighted by atomic mass is 32.2. The van der Waals surface area contributed by atoms with Crippen LogP contribution in [0.15, 0.2) is 55.6 Å². The number of carbonyl (C=O) groups is 1. The van der Waals surface area contributed by atoms with Gasteiger partial charge < -0.3 is 0 Å². The van der Waals surface area contributed by atoms with Gasteiger partial charge in [0.15, 0.2) is 5.03 Å². The molecule has 0 aliphatic carbocycles. The van der Waals surface area contributed by atoms with E-state index in [4.69, 9.17) is 0 Å². The molecule has 9 heteroatoms. The van der Waals surface area contributed by atoms with Crippen LogP contribution in [0, 0.1) is 0 Å². The van der Waals surface area contributed by atoms with Crippen molar-refractivity contribution < 1.29 is 4.79 Å². The summed E-state index contributed by atoms with van der Waals surface area (Å²) in [6.07, 6.45) is 3.45. The number of aromatic amines is 2. The second-order valence-electron chi connectivity index (χ2n) is 4.69. The lowest BCUT2D eigenvalue weighted by atomic mass is 10.1. The van der Waals surface area contributed by atoms with Crippen molar-refractivity contribution in [3.63, 3.8) is 0 Å². The van der Waals surface area contributed by atoms with Gasteiger partial charge >= 0.3 is 5.69 Å². The molecule has 0 radical (unpaired) electrons. The number of hydrogen-bond acceptors (Lipinski definition) is 6. The van der Waals surface area contributed by atoms with Crippen LogP contribution in [0.3, 0.4) is 0 Å². The zero-order chi connectivity index (χ0) is 17.4. The van der Waals surface area contributed by atoms with Crippen LogP contribution in [0.5, 0.6) is 0 Å². The fourth-order valence-corrected chi connectivity index (χ4v) is 2.28. The van der Waals surface area contributed by atoms with Crippen LogP contribution in [-0.4, -0.2) is 33.1 Å². The first-order valence-corrected chi connectivity index (χ1v) is 7.90. The molecular formula is C15H15N5O3S. The van der Waals surface area contributed by atoms with E-state index in [2.05, 4.69) is 20.7 Å². The smallest absolute Gasteiger partial charge is 0.272 e. The largest absolute Gasteiger partial charge is 0.342 e. The normalized spacial score (nSPS) is 11.6. The number of allylic oxidation sites excluding steroid dienone is 1. The van der Waals surface area contributed by atoms with Crippen LogP contribution in [0.4, 0.5) is 0 Å². The van der Waals surface area contributed by atoms with Gasteiger partial charge in [0.05, 0.1) is 12.0 Å². The first-order valence-electron chi connectivity index (χ1n) is 6.91. The molecule has 24 heavy (non-hydrogen) atoms. The maximum Gasteiger partial charge on any atom is 0.342 e. The third-order valence-electron chi connectivity index (χ3n) is 2.67. The average molecular weight is 345 g/mol. The van der Waals surface area contributed by atoms with Crippen molar-refractivity contribution in [1.29, 1.82) is 0 Å². The molecule has 1 aromatic heterocycles. The van der Waals surface area contributed by atoms with E-state index < -0.39 is 17.2 Å². The minimum Gasteiger partial charge on any atom is -0.272 e. The molecule has 2 rings (SSSR count). The molecule has 2 aromatic rings. The minimum absolute atomic E-state index is 0.00823. The second-order valence-corrected chi connectivity index (χ2v) is 5.66. The molecule has 0 aliphatic rings. The van der Waals surface area contributed by atoms with Gasteiger partial charge in [0.25, 0.3) is 5.56 Å². The highest BCUT2D eigenvalue weighted by molar-refractivity contribution is 7.99. The molecular weight excluding hydrogens is 330 g/mol. The molecule has 0 atom stereocenters. The fraction of sp³-hybridized carbons (Fsp3) is 0.133. The number of aromatic nitrogens is 3. The molecule has 3 N–H and O–H groups in total. The van der Waals surface area contributed by atoms with E-state index >= 15 is 0 Å². The first-order chi connectivity index (χ1) is 11.5. The maximum absolute atomic E-state index is 11.7. The summed E-state index contributed by atoms with van der Waals surface area (Å²) >= 11 is 0.900. The molecule has 1 heterocycles. The summed E-state index contributed by atoms with van der Waals surface area (Å²) in [6, 6.07) is 9.72. The summed E-state index contributed by atoms with van der Waals surface area (Å²) in [7, 11) is 0. The lowest BCUT2D eigenvalue weighted by Gasteiger charge is -1.99. The Morgan fingerprint density at radius 1 is 1.33 bits per heavy atom. The maximum atomic E-state index is 11.7. The van der Waals surface area contributed by atoms with Gasteiger partial charge in [-0.05, 0) is 18.1 Å². The van der Waals surface area contributed by atoms with Gasteiger partial charge in [-0.3, -0.25) is 14.6 Å². The molecule has 124 valence electrons. The summed E-state index contributed by atoms with van der Waals surface area (Å²) in [5.74, 6) is -0.447. The lowest BCUT2D eigenvalue weighted by Crippen LogP contribution is -2.26. The highest BCUT2D eigenvalue weighted by Gasteiger charge is 2.06. The second kappa shape index (κ2) is 8.63. The molecule has 0 unspecified atom stereocenters. The van der Waals surface area contributed by atoms with Crippen molar-refractivity contribution in [1.82, 2.24) is 20.6 Å². The van der Waals surface area contributed by atoms with E-state index in [0.717, 1.165) is 22.9 Å². The van der Waals surface area contributed by atoms with E-state index in [1.54, 1.807) is 0 Å². The number of nitrogens with zero attached hydrogens (tertiary/aromatic N) is 2. The predicted octanol–water partition coefficient (Wildman–Crippen LogP) is 0.756. The minimum atomic E-state index is -0.695. The van der Waals surface area contributed by atoms with Crippen LogP contribution >= 0.6 is 11.8 Å². The van der Waals surface area contributed by atoms with Crippen LogP contribution < -0.4 is 16.7 Å². The molecule has 0 aliphatic heterocycles. The Morgan fingerprint density at radius 3 is 2.79 bits per heavy atom. The SMILES string of the molecule is CC(/C=N\NC(=O)CSc1n[nH]c(=O)[nH]c1=O)=C/c1ccccc1. The number of benzene rings is 1. The Labute approximate surface area is 141 Å². The van der Waals surface area contributed by atoms with Crippen molar-refractivity contribution in [2.75, 3.05) is 5.75 Å². The summed E-state index contributed by atoms with van der Waals surface area (Å²) in [4.78, 5) is 35.9. The van der Waals surface area contributed by atoms with Crippen molar-refractivity contribution in [3.05, 3.63) is 62.3 Å². The van der Waals surface area contributed by atoms with Gasteiger partial charge in [-0.25, -0.2) is 15.3 Å². The Hall–Kier alpha value is -2.94. The topological polar surface area (TPSA) is 120 Å². The monoisotopic (exact) mass is 345 g/mol. The number of H-pyrrole nitrogens is 2. The Morgan fingerprint density at radius 2 is 2.08 bits per heavy atom. The number of nitrogens with one attached hydrogen (secondary N) is 3. The number of rotatable bonds is 6. The average Bonchev–Trinajstić information content (AvgIpc) is 2.55. The Balaban J connectivity index is 1.83. The Bertz CT molecular complexity index is 870. The van der Waals surface area contributed by atoms with Gasteiger partial charge in [0.2, 0.25) is 5.91 Å². The van der Waals surface area contributed by atoms with Crippen LogP contribution in [0.25, 0.3) is 6.08 Å². The highest BCUT2D eigenvalue weighted by Crippen LogP contribution is 2.07. The lowest BCUT2D eigenvalue weighted by molar-refractivity contribution is -0.118.